The zero-order valence-corrected chi connectivity index (χ0v) is 11.9. The molecule has 0 aliphatic heterocycles. The highest BCUT2D eigenvalue weighted by Gasteiger charge is 2.18. The maximum Gasteiger partial charge on any atom is 0.245 e. The summed E-state index contributed by atoms with van der Waals surface area (Å²) in [6.07, 6.45) is 2.22. The first-order valence-corrected chi connectivity index (χ1v) is 5.62. The zero-order valence-electron chi connectivity index (χ0n) is 10.3. The molecule has 0 amide bonds. The van der Waals surface area contributed by atoms with Gasteiger partial charge in [0, 0.05) is 0 Å². The van der Waals surface area contributed by atoms with Crippen LogP contribution in [-0.4, -0.2) is 4.57 Å². The lowest BCUT2D eigenvalue weighted by atomic mass is 10.3. The highest BCUT2D eigenvalue weighted by molar-refractivity contribution is 5.71. The lowest BCUT2D eigenvalue weighted by molar-refractivity contribution is -0.692. The average molecular weight is 283 g/mol. The maximum absolute atomic E-state index is 2.33. The first-order valence-electron chi connectivity index (χ1n) is 5.62. The van der Waals surface area contributed by atoms with E-state index in [-0.39, 0.29) is 17.0 Å². The Kier molecular flexibility index (Phi) is 4.14. The monoisotopic (exact) mass is 282 g/mol. The summed E-state index contributed by atoms with van der Waals surface area (Å²) in [5.41, 5.74) is 2.64. The van der Waals surface area contributed by atoms with Crippen molar-refractivity contribution in [2.45, 2.75) is 39.8 Å². The Hall–Kier alpha value is -0.830. The van der Waals surface area contributed by atoms with Crippen LogP contribution in [-0.2, 0) is 0 Å². The number of aromatic nitrogens is 2. The van der Waals surface area contributed by atoms with Crippen LogP contribution in [0.3, 0.4) is 0 Å². The van der Waals surface area contributed by atoms with Crippen molar-refractivity contribution in [2.24, 2.45) is 0 Å². The molecule has 1 aromatic carbocycles. The molecular weight excluding hydrogens is 264 g/mol. The van der Waals surface area contributed by atoms with Crippen molar-refractivity contribution < 1.29 is 21.5 Å². The summed E-state index contributed by atoms with van der Waals surface area (Å²) in [4.78, 5) is 0. The first kappa shape index (κ1) is 13.2. The number of benzene rings is 1. The van der Waals surface area contributed by atoms with Crippen molar-refractivity contribution in [3.05, 3.63) is 30.6 Å². The molecule has 2 aromatic rings. The van der Waals surface area contributed by atoms with E-state index in [9.17, 15) is 0 Å². The van der Waals surface area contributed by atoms with E-state index < -0.39 is 0 Å². The summed E-state index contributed by atoms with van der Waals surface area (Å²) in [6, 6.07) is 9.60. The Morgan fingerprint density at radius 3 is 2.25 bits per heavy atom. The van der Waals surface area contributed by atoms with E-state index in [0.717, 1.165) is 0 Å². The third-order valence-corrected chi connectivity index (χ3v) is 2.80. The van der Waals surface area contributed by atoms with Gasteiger partial charge in [-0.05, 0) is 39.8 Å². The molecule has 0 radical (unpaired) electrons. The van der Waals surface area contributed by atoms with E-state index in [4.69, 9.17) is 0 Å². The van der Waals surface area contributed by atoms with Gasteiger partial charge in [0.1, 0.15) is 0 Å². The lowest BCUT2D eigenvalue weighted by Crippen LogP contribution is -3.00. The second-order valence-electron chi connectivity index (χ2n) is 4.61. The number of rotatable bonds is 2. The summed E-state index contributed by atoms with van der Waals surface area (Å²) in [5, 5.41) is 0. The Morgan fingerprint density at radius 1 is 1.06 bits per heavy atom. The summed E-state index contributed by atoms with van der Waals surface area (Å²) < 4.78 is 4.66. The van der Waals surface area contributed by atoms with Crippen LogP contribution < -0.4 is 21.5 Å². The van der Waals surface area contributed by atoms with E-state index in [2.05, 4.69) is 67.4 Å². The van der Waals surface area contributed by atoms with Crippen molar-refractivity contribution in [1.82, 2.24) is 4.57 Å². The molecule has 0 bridgehead atoms. The van der Waals surface area contributed by atoms with Crippen LogP contribution >= 0.6 is 0 Å². The summed E-state index contributed by atoms with van der Waals surface area (Å²) >= 11 is 0. The fourth-order valence-electron chi connectivity index (χ4n) is 1.98. The third-order valence-electron chi connectivity index (χ3n) is 2.80. The lowest BCUT2D eigenvalue weighted by Gasteiger charge is -2.00. The molecule has 2 rings (SSSR count). The van der Waals surface area contributed by atoms with Crippen molar-refractivity contribution >= 4 is 11.0 Å². The van der Waals surface area contributed by atoms with Gasteiger partial charge in [0.2, 0.25) is 6.33 Å². The van der Waals surface area contributed by atoms with E-state index in [0.29, 0.717) is 12.1 Å². The summed E-state index contributed by atoms with van der Waals surface area (Å²) in [6.45, 7) is 8.88. The molecular formula is C13H19BrN2. The van der Waals surface area contributed by atoms with Crippen molar-refractivity contribution in [1.29, 1.82) is 0 Å². The number of halogens is 1. The van der Waals surface area contributed by atoms with Crippen LogP contribution in [0.5, 0.6) is 0 Å². The van der Waals surface area contributed by atoms with Gasteiger partial charge in [-0.25, -0.2) is 9.13 Å². The predicted octanol–water partition coefficient (Wildman–Crippen LogP) is 0.0946. The largest absolute Gasteiger partial charge is 1.00 e. The normalized spacial score (nSPS) is 11.1. The van der Waals surface area contributed by atoms with Crippen LogP contribution in [0.25, 0.3) is 11.0 Å². The fourth-order valence-corrected chi connectivity index (χ4v) is 1.98. The van der Waals surface area contributed by atoms with Crippen LogP contribution in [0.4, 0.5) is 0 Å². The molecule has 1 heterocycles. The highest BCUT2D eigenvalue weighted by atomic mass is 79.9. The smallest absolute Gasteiger partial charge is 0.245 e. The van der Waals surface area contributed by atoms with Gasteiger partial charge in [0.15, 0.2) is 11.0 Å². The molecule has 0 fully saturated rings. The van der Waals surface area contributed by atoms with Gasteiger partial charge in [-0.1, -0.05) is 12.1 Å². The molecule has 0 saturated heterocycles. The van der Waals surface area contributed by atoms with E-state index in [1.165, 1.54) is 11.0 Å². The van der Waals surface area contributed by atoms with Gasteiger partial charge in [0.25, 0.3) is 0 Å². The molecule has 3 heteroatoms. The Balaban J connectivity index is 0.00000128. The second kappa shape index (κ2) is 5.00. The van der Waals surface area contributed by atoms with Crippen molar-refractivity contribution in [2.75, 3.05) is 0 Å². The molecule has 1 aromatic heterocycles. The van der Waals surface area contributed by atoms with E-state index >= 15 is 0 Å². The van der Waals surface area contributed by atoms with Gasteiger partial charge in [-0.15, -0.1) is 0 Å². The van der Waals surface area contributed by atoms with Crippen molar-refractivity contribution in [3.63, 3.8) is 0 Å². The number of nitrogens with zero attached hydrogens (tertiary/aromatic N) is 2. The minimum absolute atomic E-state index is 0. The Labute approximate surface area is 108 Å². The third kappa shape index (κ3) is 2.14. The minimum Gasteiger partial charge on any atom is -1.00 e. The van der Waals surface area contributed by atoms with Crippen molar-refractivity contribution in [3.8, 4) is 0 Å². The molecule has 0 saturated carbocycles. The molecule has 0 spiro atoms. The SMILES string of the molecule is CC(C)n1c[n+](C(C)C)c2ccccc21.[Br-]. The molecule has 0 aliphatic rings. The first-order chi connectivity index (χ1) is 7.11. The van der Waals surface area contributed by atoms with Crippen LogP contribution in [0, 0.1) is 0 Å². The number of imidazole rings is 1. The molecule has 88 valence electrons. The molecule has 0 aliphatic carbocycles. The molecule has 0 unspecified atom stereocenters. The van der Waals surface area contributed by atoms with Gasteiger partial charge in [0.05, 0.1) is 12.1 Å². The van der Waals surface area contributed by atoms with Gasteiger partial charge in [-0.3, -0.25) is 0 Å². The number of hydrogen-bond acceptors (Lipinski definition) is 0. The molecule has 2 nitrogen and oxygen atoms in total. The summed E-state index contributed by atoms with van der Waals surface area (Å²) in [5.74, 6) is 0. The predicted molar refractivity (Wildman–Crippen MR) is 62.9 cm³/mol. The number of para-hydroxylation sites is 2. The van der Waals surface area contributed by atoms with E-state index in [1.54, 1.807) is 0 Å². The Bertz CT molecular complexity index is 430. The highest BCUT2D eigenvalue weighted by Crippen LogP contribution is 2.17. The topological polar surface area (TPSA) is 8.81 Å². The number of hydrogen-bond donors (Lipinski definition) is 0. The number of fused-ring (bicyclic) bond motifs is 1. The maximum atomic E-state index is 2.33. The van der Waals surface area contributed by atoms with Gasteiger partial charge < -0.3 is 17.0 Å². The quantitative estimate of drug-likeness (QED) is 0.691. The van der Waals surface area contributed by atoms with Gasteiger partial charge >= 0.3 is 0 Å². The van der Waals surface area contributed by atoms with Crippen LogP contribution in [0.2, 0.25) is 0 Å². The fraction of sp³-hybridized carbons (Fsp3) is 0.462. The standard InChI is InChI=1S/C13H19N2.BrH/c1-10(2)14-9-15(11(3)4)13-8-6-5-7-12(13)14;/h5-11H,1-4H3;1H/q+1;/p-1. The average Bonchev–Trinajstić information content (AvgIpc) is 2.56. The van der Waals surface area contributed by atoms with Gasteiger partial charge in [-0.2, -0.15) is 0 Å². The van der Waals surface area contributed by atoms with E-state index in [1.807, 2.05) is 0 Å². The zero-order chi connectivity index (χ0) is 11.0. The summed E-state index contributed by atoms with van der Waals surface area (Å²) in [7, 11) is 0. The molecule has 0 atom stereocenters. The minimum atomic E-state index is 0. The van der Waals surface area contributed by atoms with Crippen LogP contribution in [0.1, 0.15) is 39.8 Å². The second-order valence-corrected chi connectivity index (χ2v) is 4.61. The molecule has 16 heavy (non-hydrogen) atoms. The molecule has 0 N–H and O–H groups in total. The van der Waals surface area contributed by atoms with Crippen LogP contribution in [0.15, 0.2) is 30.6 Å². The Morgan fingerprint density at radius 2 is 1.69 bits per heavy atom.